The standard InChI is InChI=1S/C15H22N4O3S/c1-23(21,22)18-13-9-15(13)4-6-19(7-5-15)14(20)12-8-11(16-17-12)10-2-3-10/h8,10,13,18H,2-7,9H2,1H3,(H,16,17). The van der Waals surface area contributed by atoms with Gasteiger partial charge < -0.3 is 4.90 Å². The average Bonchev–Trinajstić information content (AvgIpc) is 3.38. The van der Waals surface area contributed by atoms with Crippen molar-refractivity contribution in [3.63, 3.8) is 0 Å². The zero-order chi connectivity index (χ0) is 16.2. The Hall–Kier alpha value is -1.41. The summed E-state index contributed by atoms with van der Waals surface area (Å²) >= 11 is 0. The van der Waals surface area contributed by atoms with Crippen LogP contribution in [0, 0.1) is 5.41 Å². The maximum absolute atomic E-state index is 12.5. The second kappa shape index (κ2) is 5.04. The zero-order valence-corrected chi connectivity index (χ0v) is 14.0. The number of carbonyl (C=O) groups excluding carboxylic acids is 1. The molecule has 7 nitrogen and oxygen atoms in total. The fourth-order valence-electron chi connectivity index (χ4n) is 3.69. The number of piperidine rings is 1. The smallest absolute Gasteiger partial charge is 0.274 e. The molecule has 4 rings (SSSR count). The van der Waals surface area contributed by atoms with Crippen molar-refractivity contribution in [2.24, 2.45) is 5.41 Å². The Kier molecular flexibility index (Phi) is 3.32. The number of carbonyl (C=O) groups is 1. The number of nitrogens with one attached hydrogen (secondary N) is 2. The van der Waals surface area contributed by atoms with Gasteiger partial charge in [-0.3, -0.25) is 9.89 Å². The molecule has 1 spiro atoms. The largest absolute Gasteiger partial charge is 0.337 e. The number of aromatic amines is 1. The summed E-state index contributed by atoms with van der Waals surface area (Å²) in [5, 5.41) is 7.13. The van der Waals surface area contributed by atoms with Gasteiger partial charge in [-0.2, -0.15) is 5.10 Å². The first-order valence-corrected chi connectivity index (χ1v) is 10.1. The number of H-pyrrole nitrogens is 1. The van der Waals surface area contributed by atoms with E-state index in [2.05, 4.69) is 14.9 Å². The number of sulfonamides is 1. The summed E-state index contributed by atoms with van der Waals surface area (Å²) in [6.07, 6.45) is 6.15. The normalized spacial score (nSPS) is 26.5. The Morgan fingerprint density at radius 1 is 1.39 bits per heavy atom. The highest BCUT2D eigenvalue weighted by atomic mass is 32.2. The highest BCUT2D eigenvalue weighted by Crippen LogP contribution is 2.54. The van der Waals surface area contributed by atoms with E-state index < -0.39 is 10.0 Å². The molecule has 126 valence electrons. The SMILES string of the molecule is CS(=O)(=O)NC1CC12CCN(C(=O)c1cc(C3CC3)[nH]n1)CC2. The van der Waals surface area contributed by atoms with Gasteiger partial charge in [0.25, 0.3) is 5.91 Å². The monoisotopic (exact) mass is 338 g/mol. The van der Waals surface area contributed by atoms with E-state index in [1.54, 1.807) is 0 Å². The van der Waals surface area contributed by atoms with Crippen LogP contribution in [-0.2, 0) is 10.0 Å². The molecule has 1 aromatic heterocycles. The molecule has 1 unspecified atom stereocenters. The quantitative estimate of drug-likeness (QED) is 0.850. The summed E-state index contributed by atoms with van der Waals surface area (Å²) in [4.78, 5) is 14.4. The Labute approximate surface area is 135 Å². The first-order valence-electron chi connectivity index (χ1n) is 8.18. The van der Waals surface area contributed by atoms with Crippen LogP contribution < -0.4 is 4.72 Å². The average molecular weight is 338 g/mol. The Morgan fingerprint density at radius 2 is 2.09 bits per heavy atom. The van der Waals surface area contributed by atoms with Crippen LogP contribution in [0.4, 0.5) is 0 Å². The third-order valence-corrected chi connectivity index (χ3v) is 6.14. The molecule has 2 N–H and O–H groups in total. The van der Waals surface area contributed by atoms with Crippen LogP contribution in [0.15, 0.2) is 6.07 Å². The number of amides is 1. The lowest BCUT2D eigenvalue weighted by atomic mass is 9.92. The van der Waals surface area contributed by atoms with Crippen LogP contribution in [0.25, 0.3) is 0 Å². The predicted octanol–water partition coefficient (Wildman–Crippen LogP) is 0.831. The highest BCUT2D eigenvalue weighted by molar-refractivity contribution is 7.88. The molecule has 2 aliphatic carbocycles. The summed E-state index contributed by atoms with van der Waals surface area (Å²) < 4.78 is 25.4. The van der Waals surface area contributed by atoms with E-state index in [1.807, 2.05) is 11.0 Å². The number of aromatic nitrogens is 2. The molecule has 1 atom stereocenters. The van der Waals surface area contributed by atoms with Gasteiger partial charge in [-0.25, -0.2) is 13.1 Å². The Bertz CT molecular complexity index is 730. The first-order chi connectivity index (χ1) is 10.9. The number of rotatable bonds is 4. The third-order valence-electron chi connectivity index (χ3n) is 5.43. The van der Waals surface area contributed by atoms with Gasteiger partial charge in [-0.05, 0) is 43.6 Å². The van der Waals surface area contributed by atoms with E-state index in [9.17, 15) is 13.2 Å². The van der Waals surface area contributed by atoms with Gasteiger partial charge in [0.15, 0.2) is 0 Å². The molecule has 23 heavy (non-hydrogen) atoms. The minimum absolute atomic E-state index is 0.0173. The van der Waals surface area contributed by atoms with E-state index in [0.29, 0.717) is 24.7 Å². The Balaban J connectivity index is 1.35. The number of hydrogen-bond donors (Lipinski definition) is 2. The van der Waals surface area contributed by atoms with Crippen LogP contribution in [-0.4, -0.2) is 54.8 Å². The maximum Gasteiger partial charge on any atom is 0.274 e. The van der Waals surface area contributed by atoms with Crippen molar-refractivity contribution in [3.8, 4) is 0 Å². The van der Waals surface area contributed by atoms with Gasteiger partial charge in [0.1, 0.15) is 5.69 Å². The second-order valence-corrected chi connectivity index (χ2v) is 9.06. The first kappa shape index (κ1) is 15.1. The topological polar surface area (TPSA) is 95.2 Å². The molecule has 0 bridgehead atoms. The molecule has 0 aromatic carbocycles. The Morgan fingerprint density at radius 3 is 2.70 bits per heavy atom. The fraction of sp³-hybridized carbons (Fsp3) is 0.733. The molecular weight excluding hydrogens is 316 g/mol. The van der Waals surface area contributed by atoms with Gasteiger partial charge in [0.2, 0.25) is 10.0 Å². The summed E-state index contributed by atoms with van der Waals surface area (Å²) in [6.45, 7) is 1.35. The van der Waals surface area contributed by atoms with Crippen molar-refractivity contribution >= 4 is 15.9 Å². The second-order valence-electron chi connectivity index (χ2n) is 7.28. The number of hydrogen-bond acceptors (Lipinski definition) is 4. The van der Waals surface area contributed by atoms with Gasteiger partial charge in [0, 0.05) is 30.7 Å². The van der Waals surface area contributed by atoms with Crippen LogP contribution in [0.1, 0.15) is 54.2 Å². The van der Waals surface area contributed by atoms with E-state index >= 15 is 0 Å². The number of nitrogens with zero attached hydrogens (tertiary/aromatic N) is 2. The molecule has 0 radical (unpaired) electrons. The number of likely N-dealkylation sites (tertiary alicyclic amines) is 1. The van der Waals surface area contributed by atoms with Gasteiger partial charge in [0.05, 0.1) is 6.26 Å². The molecule has 8 heteroatoms. The van der Waals surface area contributed by atoms with Gasteiger partial charge in [-0.15, -0.1) is 0 Å². The molecule has 3 fully saturated rings. The van der Waals surface area contributed by atoms with Crippen LogP contribution in [0.3, 0.4) is 0 Å². The van der Waals surface area contributed by atoms with Crippen LogP contribution in [0.5, 0.6) is 0 Å². The van der Waals surface area contributed by atoms with Crippen molar-refractivity contribution in [2.75, 3.05) is 19.3 Å². The summed E-state index contributed by atoms with van der Waals surface area (Å²) in [6, 6.07) is 1.93. The molecule has 1 aromatic rings. The van der Waals surface area contributed by atoms with E-state index in [-0.39, 0.29) is 17.4 Å². The molecule has 1 aliphatic heterocycles. The van der Waals surface area contributed by atoms with E-state index in [1.165, 1.54) is 19.1 Å². The molecule has 3 aliphatic rings. The van der Waals surface area contributed by atoms with Crippen molar-refractivity contribution < 1.29 is 13.2 Å². The van der Waals surface area contributed by atoms with E-state index in [4.69, 9.17) is 0 Å². The van der Waals surface area contributed by atoms with Gasteiger partial charge in [-0.1, -0.05) is 0 Å². The predicted molar refractivity (Wildman–Crippen MR) is 84.5 cm³/mol. The van der Waals surface area contributed by atoms with Crippen LogP contribution in [0.2, 0.25) is 0 Å². The molecule has 2 saturated carbocycles. The van der Waals surface area contributed by atoms with Crippen molar-refractivity contribution in [2.45, 2.75) is 44.1 Å². The lowest BCUT2D eigenvalue weighted by Gasteiger charge is -2.32. The maximum atomic E-state index is 12.5. The third kappa shape index (κ3) is 3.01. The lowest BCUT2D eigenvalue weighted by molar-refractivity contribution is 0.0668. The molecule has 1 saturated heterocycles. The summed E-state index contributed by atoms with van der Waals surface area (Å²) in [7, 11) is -3.15. The van der Waals surface area contributed by atoms with Crippen LogP contribution >= 0.6 is 0 Å². The van der Waals surface area contributed by atoms with Crippen molar-refractivity contribution in [3.05, 3.63) is 17.5 Å². The minimum atomic E-state index is -3.15. The zero-order valence-electron chi connectivity index (χ0n) is 13.2. The molecular formula is C15H22N4O3S. The van der Waals surface area contributed by atoms with Crippen molar-refractivity contribution in [1.82, 2.24) is 19.8 Å². The fourth-order valence-corrected chi connectivity index (χ4v) is 4.54. The lowest BCUT2D eigenvalue weighted by Crippen LogP contribution is -2.41. The highest BCUT2D eigenvalue weighted by Gasteiger charge is 2.56. The summed E-state index contributed by atoms with van der Waals surface area (Å²) in [5.41, 5.74) is 1.64. The minimum Gasteiger partial charge on any atom is -0.337 e. The molecule has 1 amide bonds. The van der Waals surface area contributed by atoms with Crippen molar-refractivity contribution in [1.29, 1.82) is 0 Å². The van der Waals surface area contributed by atoms with Gasteiger partial charge >= 0.3 is 0 Å². The summed E-state index contributed by atoms with van der Waals surface area (Å²) in [5.74, 6) is 0.541. The van der Waals surface area contributed by atoms with E-state index in [0.717, 1.165) is 25.0 Å². The molecule has 2 heterocycles.